The molecule has 3 rings (SSSR count). The first kappa shape index (κ1) is 35.5. The molecule has 44 heavy (non-hydrogen) atoms. The topological polar surface area (TPSA) is 161 Å². The summed E-state index contributed by atoms with van der Waals surface area (Å²) >= 11 is 0. The average molecular weight is 631 g/mol. The summed E-state index contributed by atoms with van der Waals surface area (Å²) in [4.78, 5) is 34.7. The second-order valence-electron chi connectivity index (χ2n) is 13.3. The predicted molar refractivity (Wildman–Crippen MR) is 171 cm³/mol. The van der Waals surface area contributed by atoms with Crippen LogP contribution < -0.4 is 10.6 Å². The van der Waals surface area contributed by atoms with Gasteiger partial charge in [-0.3, -0.25) is 9.59 Å². The molecular weight excluding hydrogens is 580 g/mol. The fourth-order valence-corrected chi connectivity index (χ4v) is 6.92. The summed E-state index contributed by atoms with van der Waals surface area (Å²) < 4.78 is 25.4. The molecule has 1 aliphatic carbocycles. The normalized spacial score (nSPS) is 18.0. The molecule has 5 N–H and O–H groups in total. The fraction of sp³-hybridized carbons (Fsp3) is 0.606. The maximum Gasteiger partial charge on any atom is 0.243 e. The van der Waals surface area contributed by atoms with Crippen LogP contribution in [-0.2, 0) is 32.3 Å². The Morgan fingerprint density at radius 3 is 2.27 bits per heavy atom. The molecule has 244 valence electrons. The standard InChI is InChI=1S/C33H50N4O6S/c1-22(2)29(38)30(39)27(17-24-14-10-7-11-15-24)36-32(41)28(18-26-19-34-21-35-26)37-31(40)25(16-23-12-8-6-9-13-23)20-44(42,43)33(3,4)5/h6,8-9,12-13,19,21,24-25,27-30,38-39H,1,7,10-11,14-18,20H2,2-5H3,(H,34,35)(H,36,41)(H,37,40)/t25-,27+,28+,29-,30-/m1/s1. The van der Waals surface area contributed by atoms with Crippen molar-refractivity contribution in [2.24, 2.45) is 11.8 Å². The summed E-state index contributed by atoms with van der Waals surface area (Å²) in [5.41, 5.74) is 1.78. The van der Waals surface area contributed by atoms with Gasteiger partial charge < -0.3 is 25.8 Å². The minimum atomic E-state index is -3.68. The Labute approximate surface area is 262 Å². The Hall–Kier alpha value is -3.02. The van der Waals surface area contributed by atoms with E-state index in [1.165, 1.54) is 6.33 Å². The zero-order valence-electron chi connectivity index (χ0n) is 26.5. The van der Waals surface area contributed by atoms with Crippen molar-refractivity contribution < 1.29 is 28.2 Å². The van der Waals surface area contributed by atoms with Crippen LogP contribution in [0.5, 0.6) is 0 Å². The van der Waals surface area contributed by atoms with Crippen LogP contribution in [0.15, 0.2) is 55.0 Å². The van der Waals surface area contributed by atoms with E-state index in [1.54, 1.807) is 33.9 Å². The lowest BCUT2D eigenvalue weighted by atomic mass is 9.82. The number of imidazole rings is 1. The van der Waals surface area contributed by atoms with Crippen LogP contribution in [0.1, 0.15) is 77.5 Å². The number of sulfone groups is 1. The van der Waals surface area contributed by atoms with Gasteiger partial charge in [0.25, 0.3) is 0 Å². The van der Waals surface area contributed by atoms with Gasteiger partial charge in [0.15, 0.2) is 9.84 Å². The van der Waals surface area contributed by atoms with Gasteiger partial charge in [-0.15, -0.1) is 0 Å². The second kappa shape index (κ2) is 15.8. The van der Waals surface area contributed by atoms with Crippen molar-refractivity contribution >= 4 is 21.7 Å². The predicted octanol–water partition coefficient (Wildman–Crippen LogP) is 3.26. The molecule has 2 amide bonds. The number of benzene rings is 1. The van der Waals surface area contributed by atoms with Crippen molar-refractivity contribution in [1.29, 1.82) is 0 Å². The highest BCUT2D eigenvalue weighted by atomic mass is 32.2. The number of hydrogen-bond acceptors (Lipinski definition) is 7. The Morgan fingerprint density at radius 2 is 1.70 bits per heavy atom. The molecule has 1 aliphatic rings. The van der Waals surface area contributed by atoms with E-state index in [2.05, 4.69) is 27.2 Å². The van der Waals surface area contributed by atoms with Crippen LogP contribution in [-0.4, -0.2) is 75.2 Å². The Bertz CT molecular complexity index is 1320. The number of carbonyl (C=O) groups is 2. The molecule has 0 unspecified atom stereocenters. The second-order valence-corrected chi connectivity index (χ2v) is 16.0. The molecule has 0 saturated heterocycles. The highest BCUT2D eigenvalue weighted by molar-refractivity contribution is 7.92. The highest BCUT2D eigenvalue weighted by Gasteiger charge is 2.37. The molecule has 0 aliphatic heterocycles. The maximum atomic E-state index is 13.9. The molecule has 10 nitrogen and oxygen atoms in total. The number of aromatic amines is 1. The minimum Gasteiger partial charge on any atom is -0.388 e. The van der Waals surface area contributed by atoms with Crippen molar-refractivity contribution in [2.45, 2.75) is 108 Å². The molecule has 1 aromatic heterocycles. The van der Waals surface area contributed by atoms with E-state index in [-0.39, 0.29) is 24.5 Å². The minimum absolute atomic E-state index is 0.0664. The molecule has 0 radical (unpaired) electrons. The zero-order chi connectivity index (χ0) is 32.5. The first-order valence-electron chi connectivity index (χ1n) is 15.5. The quantitative estimate of drug-likeness (QED) is 0.189. The first-order chi connectivity index (χ1) is 20.7. The third-order valence-electron chi connectivity index (χ3n) is 8.54. The summed E-state index contributed by atoms with van der Waals surface area (Å²) in [6.07, 6.45) is 6.46. The van der Waals surface area contributed by atoms with Crippen LogP contribution in [0, 0.1) is 11.8 Å². The van der Waals surface area contributed by atoms with Crippen molar-refractivity contribution in [3.8, 4) is 0 Å². The number of H-pyrrole nitrogens is 1. The third kappa shape index (κ3) is 10.3. The Kier molecular flexibility index (Phi) is 12.7. The Balaban J connectivity index is 1.88. The molecule has 0 spiro atoms. The van der Waals surface area contributed by atoms with Crippen molar-refractivity contribution in [2.75, 3.05) is 5.75 Å². The number of aliphatic hydroxyl groups is 2. The first-order valence-corrected chi connectivity index (χ1v) is 17.2. The van der Waals surface area contributed by atoms with E-state index < -0.39 is 56.6 Å². The Morgan fingerprint density at radius 1 is 1.05 bits per heavy atom. The zero-order valence-corrected chi connectivity index (χ0v) is 27.3. The van der Waals surface area contributed by atoms with Gasteiger partial charge in [-0.25, -0.2) is 13.4 Å². The number of rotatable bonds is 15. The van der Waals surface area contributed by atoms with E-state index in [4.69, 9.17) is 0 Å². The van der Waals surface area contributed by atoms with Crippen molar-refractivity contribution in [1.82, 2.24) is 20.6 Å². The van der Waals surface area contributed by atoms with Crippen LogP contribution >= 0.6 is 0 Å². The van der Waals surface area contributed by atoms with Crippen LogP contribution in [0.3, 0.4) is 0 Å². The molecule has 1 heterocycles. The number of amides is 2. The van der Waals surface area contributed by atoms with Gasteiger partial charge in [0.05, 0.1) is 28.8 Å². The molecule has 2 aromatic rings. The fourth-order valence-electron chi connectivity index (χ4n) is 5.62. The summed E-state index contributed by atoms with van der Waals surface area (Å²) in [6.45, 7) is 10.2. The largest absolute Gasteiger partial charge is 0.388 e. The summed E-state index contributed by atoms with van der Waals surface area (Å²) in [6, 6.07) is 7.30. The number of nitrogens with zero attached hydrogens (tertiary/aromatic N) is 1. The lowest BCUT2D eigenvalue weighted by Crippen LogP contribution is -2.57. The van der Waals surface area contributed by atoms with Gasteiger partial charge in [0, 0.05) is 18.3 Å². The lowest BCUT2D eigenvalue weighted by molar-refractivity contribution is -0.132. The number of aliphatic hydroxyl groups excluding tert-OH is 2. The van der Waals surface area contributed by atoms with E-state index in [0.29, 0.717) is 17.7 Å². The monoisotopic (exact) mass is 630 g/mol. The molecule has 1 saturated carbocycles. The molecule has 5 atom stereocenters. The van der Waals surface area contributed by atoms with Gasteiger partial charge >= 0.3 is 0 Å². The van der Waals surface area contributed by atoms with Gasteiger partial charge in [0.2, 0.25) is 11.8 Å². The summed E-state index contributed by atoms with van der Waals surface area (Å²) in [5.74, 6) is -2.16. The van der Waals surface area contributed by atoms with Crippen molar-refractivity contribution in [3.63, 3.8) is 0 Å². The number of nitrogens with one attached hydrogen (secondary N) is 3. The molecule has 1 aromatic carbocycles. The SMILES string of the molecule is C=C(C)[C@@H](O)[C@H](O)[C@H](CC1CCCCC1)NC(=O)[C@H](Cc1cnc[nH]1)NC(=O)[C@H](Cc1ccccc1)CS(=O)(=O)C(C)(C)C. The molecular formula is C33H50N4O6S. The highest BCUT2D eigenvalue weighted by Crippen LogP contribution is 2.29. The van der Waals surface area contributed by atoms with Gasteiger partial charge in [-0.05, 0) is 57.6 Å². The van der Waals surface area contributed by atoms with Gasteiger partial charge in [-0.1, -0.05) is 69.0 Å². The molecule has 1 fully saturated rings. The average Bonchev–Trinajstić information content (AvgIpc) is 3.49. The molecule has 11 heteroatoms. The van der Waals surface area contributed by atoms with Crippen molar-refractivity contribution in [3.05, 3.63) is 66.3 Å². The smallest absolute Gasteiger partial charge is 0.243 e. The molecule has 0 bridgehead atoms. The van der Waals surface area contributed by atoms with Crippen LogP contribution in [0.2, 0.25) is 0 Å². The van der Waals surface area contributed by atoms with Gasteiger partial charge in [-0.2, -0.15) is 0 Å². The van der Waals surface area contributed by atoms with E-state index >= 15 is 0 Å². The number of aromatic nitrogens is 2. The van der Waals surface area contributed by atoms with E-state index in [0.717, 1.165) is 37.7 Å². The number of hydrogen-bond donors (Lipinski definition) is 5. The van der Waals surface area contributed by atoms with Crippen LogP contribution in [0.4, 0.5) is 0 Å². The summed E-state index contributed by atoms with van der Waals surface area (Å²) in [5, 5.41) is 27.5. The third-order valence-corrected chi connectivity index (χ3v) is 11.2. The van der Waals surface area contributed by atoms with Gasteiger partial charge in [0.1, 0.15) is 18.2 Å². The van der Waals surface area contributed by atoms with E-state index in [9.17, 15) is 28.2 Å². The number of carbonyl (C=O) groups excluding carboxylic acids is 2. The summed E-state index contributed by atoms with van der Waals surface area (Å²) in [7, 11) is -3.68. The lowest BCUT2D eigenvalue weighted by Gasteiger charge is -2.33. The van der Waals surface area contributed by atoms with Crippen LogP contribution in [0.25, 0.3) is 0 Å². The maximum absolute atomic E-state index is 13.9. The van der Waals surface area contributed by atoms with E-state index in [1.807, 2.05) is 30.3 Å².